The Morgan fingerprint density at radius 3 is 2.70 bits per heavy atom. The zero-order valence-corrected chi connectivity index (χ0v) is 17.5. The molecule has 1 aromatic rings. The predicted molar refractivity (Wildman–Crippen MR) is 111 cm³/mol. The monoisotopic (exact) mass is 426 g/mol. The van der Waals surface area contributed by atoms with Gasteiger partial charge in [0.15, 0.2) is 0 Å². The molecule has 1 aromatic carbocycles. The number of ether oxygens (including phenoxy) is 1. The third-order valence-electron chi connectivity index (χ3n) is 4.36. The lowest BCUT2D eigenvalue weighted by Gasteiger charge is -2.19. The lowest BCUT2D eigenvalue weighted by molar-refractivity contribution is -0.130. The number of hydrogen-bond donors (Lipinski definition) is 1. The van der Waals surface area contributed by atoms with Crippen LogP contribution in [0.3, 0.4) is 0 Å². The van der Waals surface area contributed by atoms with Gasteiger partial charge in [-0.2, -0.15) is 0 Å². The first kappa shape index (κ1) is 20.4. The van der Waals surface area contributed by atoms with Gasteiger partial charge in [-0.15, -0.1) is 0 Å². The number of amides is 3. The highest BCUT2D eigenvalue weighted by molar-refractivity contribution is 8.77. The Labute approximate surface area is 170 Å². The van der Waals surface area contributed by atoms with Crippen LogP contribution in [0.1, 0.15) is 18.4 Å². The quantitative estimate of drug-likeness (QED) is 0.641. The summed E-state index contributed by atoms with van der Waals surface area (Å²) in [4.78, 5) is 36.7. The molecule has 0 aliphatic carbocycles. The minimum Gasteiger partial charge on any atom is -0.492 e. The molecular weight excluding hydrogens is 404 g/mol. The van der Waals surface area contributed by atoms with Gasteiger partial charge in [0.05, 0.1) is 11.8 Å². The summed E-state index contributed by atoms with van der Waals surface area (Å²) >= 11 is 1.03. The van der Waals surface area contributed by atoms with Crippen LogP contribution >= 0.6 is 33.3 Å². The number of hydrogen-bond acceptors (Lipinski definition) is 7. The average molecular weight is 427 g/mol. The highest BCUT2D eigenvalue weighted by Crippen LogP contribution is 2.39. The van der Waals surface area contributed by atoms with Crippen LogP contribution in [-0.4, -0.2) is 58.4 Å². The van der Waals surface area contributed by atoms with Crippen molar-refractivity contribution in [1.29, 1.82) is 0 Å². The molecule has 2 aliphatic heterocycles. The van der Waals surface area contributed by atoms with Gasteiger partial charge in [-0.1, -0.05) is 45.5 Å². The Hall–Kier alpha value is -1.32. The van der Waals surface area contributed by atoms with Crippen LogP contribution < -0.4 is 10.1 Å². The van der Waals surface area contributed by atoms with E-state index < -0.39 is 0 Å². The number of carbonyl (C=O) groups excluding carboxylic acids is 3. The van der Waals surface area contributed by atoms with Gasteiger partial charge >= 0.3 is 0 Å². The SMILES string of the molecule is CN(CCOc1ccc(CC2SC(=O)NC2=O)cc1)C(=O)CC1CCSS1. The first-order chi connectivity index (χ1) is 13.0. The van der Waals surface area contributed by atoms with Crippen molar-refractivity contribution < 1.29 is 19.1 Å². The second-order valence-corrected chi connectivity index (χ2v) is 10.4. The lowest BCUT2D eigenvalue weighted by Crippen LogP contribution is -2.32. The maximum atomic E-state index is 12.2. The van der Waals surface area contributed by atoms with E-state index in [1.54, 1.807) is 4.90 Å². The average Bonchev–Trinajstić information content (AvgIpc) is 3.26. The molecule has 9 heteroatoms. The molecule has 2 saturated heterocycles. The summed E-state index contributed by atoms with van der Waals surface area (Å²) in [7, 11) is 5.47. The number of rotatable bonds is 8. The molecule has 2 fully saturated rings. The van der Waals surface area contributed by atoms with Crippen LogP contribution in [0.15, 0.2) is 24.3 Å². The van der Waals surface area contributed by atoms with Gasteiger partial charge in [-0.3, -0.25) is 19.7 Å². The van der Waals surface area contributed by atoms with E-state index in [1.165, 1.54) is 0 Å². The van der Waals surface area contributed by atoms with Crippen molar-refractivity contribution in [2.45, 2.75) is 29.8 Å². The van der Waals surface area contributed by atoms with Gasteiger partial charge < -0.3 is 9.64 Å². The number of nitrogens with one attached hydrogen (secondary N) is 1. The Morgan fingerprint density at radius 2 is 2.07 bits per heavy atom. The molecule has 0 radical (unpaired) electrons. The van der Waals surface area contributed by atoms with Crippen LogP contribution in [0, 0.1) is 0 Å². The normalized spacial score (nSPS) is 22.0. The van der Waals surface area contributed by atoms with Gasteiger partial charge in [0.2, 0.25) is 11.8 Å². The predicted octanol–water partition coefficient (Wildman–Crippen LogP) is 2.96. The van der Waals surface area contributed by atoms with Crippen LogP contribution in [0.25, 0.3) is 0 Å². The van der Waals surface area contributed by atoms with Crippen molar-refractivity contribution in [1.82, 2.24) is 10.2 Å². The molecule has 27 heavy (non-hydrogen) atoms. The van der Waals surface area contributed by atoms with E-state index in [2.05, 4.69) is 5.32 Å². The fraction of sp³-hybridized carbons (Fsp3) is 0.500. The number of nitrogens with zero attached hydrogens (tertiary/aromatic N) is 1. The van der Waals surface area contributed by atoms with E-state index in [0.717, 1.165) is 35.2 Å². The summed E-state index contributed by atoms with van der Waals surface area (Å²) in [5.41, 5.74) is 0.976. The molecule has 2 heterocycles. The van der Waals surface area contributed by atoms with Crippen LogP contribution in [0.4, 0.5) is 4.79 Å². The van der Waals surface area contributed by atoms with E-state index in [-0.39, 0.29) is 22.3 Å². The van der Waals surface area contributed by atoms with Crippen molar-refractivity contribution in [3.8, 4) is 5.75 Å². The standard InChI is InChI=1S/C18H22N2O4S3/c1-20(16(21)11-14-6-9-25-27-14)7-8-24-13-4-2-12(3-5-13)10-15-17(22)19-18(23)26-15/h2-5,14-15H,6-11H2,1H3,(H,19,22,23). The Kier molecular flexibility index (Phi) is 7.37. The zero-order valence-electron chi connectivity index (χ0n) is 15.0. The largest absolute Gasteiger partial charge is 0.492 e. The van der Waals surface area contributed by atoms with E-state index in [9.17, 15) is 14.4 Å². The Morgan fingerprint density at radius 1 is 1.30 bits per heavy atom. The summed E-state index contributed by atoms with van der Waals surface area (Å²) in [6, 6.07) is 7.50. The molecule has 146 valence electrons. The molecule has 0 bridgehead atoms. The van der Waals surface area contributed by atoms with Crippen molar-refractivity contribution in [3.05, 3.63) is 29.8 Å². The molecule has 0 spiro atoms. The highest BCUT2D eigenvalue weighted by Gasteiger charge is 2.31. The maximum Gasteiger partial charge on any atom is 0.286 e. The molecule has 2 aliphatic rings. The van der Waals surface area contributed by atoms with Gasteiger partial charge in [-0.05, 0) is 30.5 Å². The number of imide groups is 1. The minimum absolute atomic E-state index is 0.163. The second-order valence-electron chi connectivity index (χ2n) is 6.43. The minimum atomic E-state index is -0.361. The van der Waals surface area contributed by atoms with E-state index in [0.29, 0.717) is 31.2 Å². The summed E-state index contributed by atoms with van der Waals surface area (Å²) in [5, 5.41) is 2.09. The zero-order chi connectivity index (χ0) is 19.2. The second kappa shape index (κ2) is 9.75. The molecule has 0 aromatic heterocycles. The summed E-state index contributed by atoms with van der Waals surface area (Å²) < 4.78 is 5.72. The van der Waals surface area contributed by atoms with E-state index >= 15 is 0 Å². The van der Waals surface area contributed by atoms with Crippen molar-refractivity contribution in [3.63, 3.8) is 0 Å². The van der Waals surface area contributed by atoms with Crippen LogP contribution in [0.5, 0.6) is 5.75 Å². The van der Waals surface area contributed by atoms with E-state index in [1.807, 2.05) is 52.9 Å². The number of likely N-dealkylation sites (N-methyl/N-ethyl adjacent to an activating group) is 1. The summed E-state index contributed by atoms with van der Waals surface area (Å²) in [6.45, 7) is 0.982. The molecule has 2 unspecified atom stereocenters. The molecule has 3 rings (SSSR count). The van der Waals surface area contributed by atoms with Gasteiger partial charge in [0.1, 0.15) is 12.4 Å². The van der Waals surface area contributed by atoms with Gasteiger partial charge in [0.25, 0.3) is 5.24 Å². The number of thioether (sulfide) groups is 1. The molecule has 6 nitrogen and oxygen atoms in total. The van der Waals surface area contributed by atoms with Gasteiger partial charge in [0, 0.05) is 24.5 Å². The summed E-state index contributed by atoms with van der Waals surface area (Å²) in [5.74, 6) is 1.79. The van der Waals surface area contributed by atoms with Crippen LogP contribution in [0.2, 0.25) is 0 Å². The van der Waals surface area contributed by atoms with Gasteiger partial charge in [-0.25, -0.2) is 0 Å². The smallest absolute Gasteiger partial charge is 0.286 e. The molecule has 1 N–H and O–H groups in total. The highest BCUT2D eigenvalue weighted by atomic mass is 33.1. The first-order valence-electron chi connectivity index (χ1n) is 8.76. The molecular formula is C18H22N2O4S3. The number of carbonyl (C=O) groups is 3. The van der Waals surface area contributed by atoms with Crippen LogP contribution in [-0.2, 0) is 16.0 Å². The van der Waals surface area contributed by atoms with Crippen molar-refractivity contribution in [2.75, 3.05) is 26.0 Å². The fourth-order valence-corrected chi connectivity index (χ4v) is 6.50. The van der Waals surface area contributed by atoms with Crippen molar-refractivity contribution >= 4 is 50.4 Å². The summed E-state index contributed by atoms with van der Waals surface area (Å²) in [6.07, 6.45) is 2.21. The maximum absolute atomic E-state index is 12.2. The number of benzene rings is 1. The lowest BCUT2D eigenvalue weighted by atomic mass is 10.1. The molecule has 0 saturated carbocycles. The topological polar surface area (TPSA) is 75.7 Å². The third kappa shape index (κ3) is 6.08. The molecule has 2 atom stereocenters. The Bertz CT molecular complexity index is 692. The van der Waals surface area contributed by atoms with Crippen molar-refractivity contribution in [2.24, 2.45) is 0 Å². The first-order valence-corrected chi connectivity index (χ1v) is 12.0. The van der Waals surface area contributed by atoms with E-state index in [4.69, 9.17) is 4.74 Å². The molecule has 3 amide bonds. The fourth-order valence-electron chi connectivity index (χ4n) is 2.75. The Balaban J connectivity index is 1.38. The third-order valence-corrected chi connectivity index (χ3v) is 8.28.